The Morgan fingerprint density at radius 3 is 2.47 bits per heavy atom. The van der Waals surface area contributed by atoms with E-state index in [9.17, 15) is 4.79 Å². The molecule has 2 aliphatic rings. The molecule has 0 unspecified atom stereocenters. The average molecular weight is 259 g/mol. The lowest BCUT2D eigenvalue weighted by Gasteiger charge is -2.32. The summed E-state index contributed by atoms with van der Waals surface area (Å²) in [5, 5.41) is 0. The third kappa shape index (κ3) is 2.60. The van der Waals surface area contributed by atoms with Crippen LogP contribution in [0.1, 0.15) is 37.2 Å². The number of likely N-dealkylation sites (tertiary alicyclic amines) is 1. The van der Waals surface area contributed by atoms with Crippen LogP contribution in [0.3, 0.4) is 0 Å². The molecule has 3 rings (SSSR count). The predicted octanol–water partition coefficient (Wildman–Crippen LogP) is 2.81. The van der Waals surface area contributed by atoms with Crippen molar-refractivity contribution in [1.82, 2.24) is 4.90 Å². The van der Waals surface area contributed by atoms with E-state index >= 15 is 0 Å². The van der Waals surface area contributed by atoms with E-state index in [1.54, 1.807) is 7.11 Å². The minimum atomic E-state index is 0.350. The number of methoxy groups -OCH3 is 1. The van der Waals surface area contributed by atoms with E-state index in [4.69, 9.17) is 4.74 Å². The molecule has 1 heterocycles. The molecule has 0 radical (unpaired) electrons. The highest BCUT2D eigenvalue weighted by Crippen LogP contribution is 2.36. The molecule has 1 aromatic rings. The van der Waals surface area contributed by atoms with Gasteiger partial charge in [-0.25, -0.2) is 0 Å². The van der Waals surface area contributed by atoms with Gasteiger partial charge in [0, 0.05) is 19.0 Å². The molecule has 3 heteroatoms. The van der Waals surface area contributed by atoms with Crippen LogP contribution in [0.4, 0.5) is 0 Å². The summed E-state index contributed by atoms with van der Waals surface area (Å²) in [6.07, 6.45) is 4.31. The van der Waals surface area contributed by atoms with E-state index in [1.165, 1.54) is 5.56 Å². The molecule has 1 saturated heterocycles. The summed E-state index contributed by atoms with van der Waals surface area (Å²) in [7, 11) is 1.73. The van der Waals surface area contributed by atoms with Crippen molar-refractivity contribution in [3.63, 3.8) is 0 Å². The molecule has 19 heavy (non-hydrogen) atoms. The van der Waals surface area contributed by atoms with Gasteiger partial charge in [-0.2, -0.15) is 0 Å². The Balaban J connectivity index is 1.64. The Labute approximate surface area is 114 Å². The molecule has 1 amide bonds. The Morgan fingerprint density at radius 1 is 1.16 bits per heavy atom. The molecule has 1 aliphatic carbocycles. The van der Waals surface area contributed by atoms with Gasteiger partial charge in [0.25, 0.3) is 0 Å². The third-order valence-corrected chi connectivity index (χ3v) is 4.31. The highest BCUT2D eigenvalue weighted by Gasteiger charge is 2.35. The van der Waals surface area contributed by atoms with E-state index in [1.807, 2.05) is 12.1 Å². The standard InChI is InChI=1S/C16H21NO2/c1-19-15-5-3-2-4-14(15)12-8-10-17(11-9-12)16(18)13-6-7-13/h2-5,12-13H,6-11H2,1H3. The Bertz CT molecular complexity index is 460. The lowest BCUT2D eigenvalue weighted by Crippen LogP contribution is -2.38. The highest BCUT2D eigenvalue weighted by molar-refractivity contribution is 5.81. The maximum atomic E-state index is 12.0. The summed E-state index contributed by atoms with van der Waals surface area (Å²) in [5.41, 5.74) is 1.29. The largest absolute Gasteiger partial charge is 0.496 e. The normalized spacial score (nSPS) is 20.4. The number of amides is 1. The van der Waals surface area contributed by atoms with Gasteiger partial charge in [-0.15, -0.1) is 0 Å². The molecule has 0 bridgehead atoms. The monoisotopic (exact) mass is 259 g/mol. The number of carbonyl (C=O) groups is 1. The number of hydrogen-bond donors (Lipinski definition) is 0. The summed E-state index contributed by atoms with van der Waals surface area (Å²) in [5.74, 6) is 2.25. The first kappa shape index (κ1) is 12.5. The molecule has 0 N–H and O–H groups in total. The molecule has 1 aliphatic heterocycles. The van der Waals surface area contributed by atoms with Crippen molar-refractivity contribution in [3.8, 4) is 5.75 Å². The maximum absolute atomic E-state index is 12.0. The van der Waals surface area contributed by atoms with Crippen LogP contribution in [-0.4, -0.2) is 31.0 Å². The number of piperidine rings is 1. The second kappa shape index (κ2) is 5.24. The van der Waals surface area contributed by atoms with Crippen molar-refractivity contribution in [3.05, 3.63) is 29.8 Å². The van der Waals surface area contributed by atoms with Gasteiger partial charge in [-0.05, 0) is 43.2 Å². The lowest BCUT2D eigenvalue weighted by atomic mass is 9.88. The SMILES string of the molecule is COc1ccccc1C1CCN(C(=O)C2CC2)CC1. The molecule has 102 valence electrons. The van der Waals surface area contributed by atoms with E-state index in [0.29, 0.717) is 17.7 Å². The molecule has 0 spiro atoms. The van der Waals surface area contributed by atoms with Crippen LogP contribution in [0.5, 0.6) is 5.75 Å². The lowest BCUT2D eigenvalue weighted by molar-refractivity contribution is -0.133. The van der Waals surface area contributed by atoms with Gasteiger partial charge in [-0.3, -0.25) is 4.79 Å². The molecule has 2 fully saturated rings. The average Bonchev–Trinajstić information content (AvgIpc) is 3.31. The molecular weight excluding hydrogens is 238 g/mol. The fourth-order valence-electron chi connectivity index (χ4n) is 3.00. The van der Waals surface area contributed by atoms with Crippen LogP contribution in [0, 0.1) is 5.92 Å². The molecule has 0 aromatic heterocycles. The minimum absolute atomic E-state index is 0.350. The first-order chi connectivity index (χ1) is 9.29. The van der Waals surface area contributed by atoms with E-state index in [-0.39, 0.29) is 0 Å². The van der Waals surface area contributed by atoms with Gasteiger partial charge >= 0.3 is 0 Å². The fourth-order valence-corrected chi connectivity index (χ4v) is 3.00. The van der Waals surface area contributed by atoms with Crippen molar-refractivity contribution in [1.29, 1.82) is 0 Å². The van der Waals surface area contributed by atoms with Gasteiger partial charge in [0.2, 0.25) is 5.91 Å². The van der Waals surface area contributed by atoms with Crippen LogP contribution < -0.4 is 4.74 Å². The van der Waals surface area contributed by atoms with Crippen LogP contribution in [0.25, 0.3) is 0 Å². The molecule has 1 saturated carbocycles. The number of rotatable bonds is 3. The van der Waals surface area contributed by atoms with Gasteiger partial charge in [0.05, 0.1) is 7.11 Å². The minimum Gasteiger partial charge on any atom is -0.496 e. The second-order valence-electron chi connectivity index (χ2n) is 5.62. The zero-order chi connectivity index (χ0) is 13.2. The quantitative estimate of drug-likeness (QED) is 0.835. The van der Waals surface area contributed by atoms with Gasteiger partial charge in [-0.1, -0.05) is 18.2 Å². The zero-order valence-corrected chi connectivity index (χ0v) is 11.5. The maximum Gasteiger partial charge on any atom is 0.225 e. The van der Waals surface area contributed by atoms with E-state index in [2.05, 4.69) is 17.0 Å². The van der Waals surface area contributed by atoms with Gasteiger partial charge in [0.1, 0.15) is 5.75 Å². The highest BCUT2D eigenvalue weighted by atomic mass is 16.5. The van der Waals surface area contributed by atoms with Crippen LogP contribution >= 0.6 is 0 Å². The smallest absolute Gasteiger partial charge is 0.225 e. The second-order valence-corrected chi connectivity index (χ2v) is 5.62. The molecular formula is C16H21NO2. The van der Waals surface area contributed by atoms with E-state index in [0.717, 1.165) is 44.5 Å². The molecule has 3 nitrogen and oxygen atoms in total. The van der Waals surface area contributed by atoms with Gasteiger partial charge in [0.15, 0.2) is 0 Å². The molecule has 0 atom stereocenters. The van der Waals surface area contributed by atoms with E-state index < -0.39 is 0 Å². The Hall–Kier alpha value is -1.51. The number of para-hydroxylation sites is 1. The first-order valence-corrected chi connectivity index (χ1v) is 7.21. The summed E-state index contributed by atoms with van der Waals surface area (Å²) >= 11 is 0. The number of nitrogens with zero attached hydrogens (tertiary/aromatic N) is 1. The predicted molar refractivity (Wildman–Crippen MR) is 74.3 cm³/mol. The summed E-state index contributed by atoms with van der Waals surface area (Å²) in [6.45, 7) is 1.80. The zero-order valence-electron chi connectivity index (χ0n) is 11.5. The van der Waals surface area contributed by atoms with Crippen molar-refractivity contribution >= 4 is 5.91 Å². The Morgan fingerprint density at radius 2 is 1.84 bits per heavy atom. The first-order valence-electron chi connectivity index (χ1n) is 7.21. The number of ether oxygens (including phenoxy) is 1. The number of carbonyl (C=O) groups excluding carboxylic acids is 1. The summed E-state index contributed by atoms with van der Waals surface area (Å²) in [6, 6.07) is 8.26. The van der Waals surface area contributed by atoms with Crippen molar-refractivity contribution in [2.24, 2.45) is 5.92 Å². The van der Waals surface area contributed by atoms with Crippen molar-refractivity contribution in [2.45, 2.75) is 31.6 Å². The number of hydrogen-bond acceptors (Lipinski definition) is 2. The van der Waals surface area contributed by atoms with Crippen LogP contribution in [0.2, 0.25) is 0 Å². The van der Waals surface area contributed by atoms with Crippen LogP contribution in [-0.2, 0) is 4.79 Å². The van der Waals surface area contributed by atoms with Crippen molar-refractivity contribution < 1.29 is 9.53 Å². The molecule has 1 aromatic carbocycles. The number of benzene rings is 1. The van der Waals surface area contributed by atoms with Crippen LogP contribution in [0.15, 0.2) is 24.3 Å². The fraction of sp³-hybridized carbons (Fsp3) is 0.562. The summed E-state index contributed by atoms with van der Waals surface area (Å²) in [4.78, 5) is 14.1. The van der Waals surface area contributed by atoms with Crippen molar-refractivity contribution in [2.75, 3.05) is 20.2 Å². The summed E-state index contributed by atoms with van der Waals surface area (Å²) < 4.78 is 5.44. The topological polar surface area (TPSA) is 29.5 Å². The third-order valence-electron chi connectivity index (χ3n) is 4.31. The Kier molecular flexibility index (Phi) is 3.45. The van der Waals surface area contributed by atoms with Gasteiger partial charge < -0.3 is 9.64 Å².